The van der Waals surface area contributed by atoms with E-state index in [1.54, 1.807) is 24.1 Å². The zero-order valence-electron chi connectivity index (χ0n) is 13.0. The van der Waals surface area contributed by atoms with E-state index in [1.165, 1.54) is 0 Å². The van der Waals surface area contributed by atoms with E-state index in [1.807, 2.05) is 13.1 Å². The number of methoxy groups -OCH3 is 1. The van der Waals surface area contributed by atoms with Crippen molar-refractivity contribution in [2.24, 2.45) is 0 Å². The van der Waals surface area contributed by atoms with Crippen LogP contribution in [-0.4, -0.2) is 53.2 Å². The van der Waals surface area contributed by atoms with Crippen LogP contribution in [0.2, 0.25) is 0 Å². The zero-order valence-corrected chi connectivity index (χ0v) is 13.8. The summed E-state index contributed by atoms with van der Waals surface area (Å²) in [6.45, 7) is 3.82. The van der Waals surface area contributed by atoms with Gasteiger partial charge in [0.2, 0.25) is 0 Å². The molecule has 1 aliphatic heterocycles. The number of nitrogens with one attached hydrogen (secondary N) is 2. The third-order valence-corrected chi connectivity index (χ3v) is 3.65. The van der Waals surface area contributed by atoms with Crippen LogP contribution in [0.1, 0.15) is 21.8 Å². The Balaban J connectivity index is 0.00000192. The minimum atomic E-state index is -0.262. The van der Waals surface area contributed by atoms with Crippen LogP contribution in [0, 0.1) is 6.92 Å². The Morgan fingerprint density at radius 3 is 3.09 bits per heavy atom. The van der Waals surface area contributed by atoms with Gasteiger partial charge in [-0.15, -0.1) is 12.4 Å². The highest BCUT2D eigenvalue weighted by atomic mass is 35.5. The molecule has 0 radical (unpaired) electrons. The summed E-state index contributed by atoms with van der Waals surface area (Å²) in [5.74, 6) is 0.323. The van der Waals surface area contributed by atoms with Gasteiger partial charge < -0.3 is 19.9 Å². The van der Waals surface area contributed by atoms with Crippen LogP contribution < -0.4 is 10.6 Å². The second kappa shape index (κ2) is 7.58. The number of carbonyl (C=O) groups excluding carboxylic acids is 1. The largest absolute Gasteiger partial charge is 0.378 e. The summed E-state index contributed by atoms with van der Waals surface area (Å²) in [7, 11) is 1.64. The van der Waals surface area contributed by atoms with Gasteiger partial charge in [-0.2, -0.15) is 5.10 Å². The van der Waals surface area contributed by atoms with E-state index in [0.717, 1.165) is 12.1 Å². The fourth-order valence-corrected chi connectivity index (χ4v) is 2.50. The maximum atomic E-state index is 12.2. The van der Waals surface area contributed by atoms with Crippen molar-refractivity contribution < 1.29 is 14.1 Å². The number of ether oxygens (including phenoxy) is 1. The van der Waals surface area contributed by atoms with Crippen molar-refractivity contribution in [2.75, 3.05) is 20.2 Å². The lowest BCUT2D eigenvalue weighted by atomic mass is 10.2. The van der Waals surface area contributed by atoms with Crippen LogP contribution in [0.25, 0.3) is 0 Å². The first-order chi connectivity index (χ1) is 10.7. The van der Waals surface area contributed by atoms with Gasteiger partial charge in [0.15, 0.2) is 11.5 Å². The summed E-state index contributed by atoms with van der Waals surface area (Å²) in [6.07, 6.45) is 3.64. The highest BCUT2D eigenvalue weighted by Crippen LogP contribution is 2.09. The van der Waals surface area contributed by atoms with Crippen LogP contribution >= 0.6 is 12.4 Å². The molecule has 0 saturated carbocycles. The van der Waals surface area contributed by atoms with E-state index in [0.29, 0.717) is 18.8 Å². The van der Waals surface area contributed by atoms with E-state index in [2.05, 4.69) is 20.9 Å². The molecule has 2 atom stereocenters. The van der Waals surface area contributed by atoms with Gasteiger partial charge in [0, 0.05) is 32.5 Å². The van der Waals surface area contributed by atoms with Crippen LogP contribution in [0.5, 0.6) is 0 Å². The normalized spacial score (nSPS) is 20.3. The predicted molar refractivity (Wildman–Crippen MR) is 84.7 cm³/mol. The highest BCUT2D eigenvalue weighted by molar-refractivity contribution is 5.92. The highest BCUT2D eigenvalue weighted by Gasteiger charge is 2.29. The first-order valence-electron chi connectivity index (χ1n) is 7.14. The molecule has 1 saturated heterocycles. The molecule has 0 spiro atoms. The molecular weight excluding hydrogens is 322 g/mol. The molecule has 0 bridgehead atoms. The molecule has 2 N–H and O–H groups in total. The van der Waals surface area contributed by atoms with Crippen molar-refractivity contribution >= 4 is 18.3 Å². The first-order valence-corrected chi connectivity index (χ1v) is 7.14. The molecule has 126 valence electrons. The molecule has 0 aromatic carbocycles. The minimum Gasteiger partial charge on any atom is -0.378 e. The Bertz CT molecular complexity index is 656. The maximum Gasteiger partial charge on any atom is 0.273 e. The smallest absolute Gasteiger partial charge is 0.273 e. The van der Waals surface area contributed by atoms with Crippen LogP contribution in [0.15, 0.2) is 23.0 Å². The fourth-order valence-electron chi connectivity index (χ4n) is 2.50. The average molecular weight is 342 g/mol. The SMILES string of the molecule is CO[C@H]1CNCC1NC(=O)c1cc(Cn2cc(C)cn2)on1.Cl. The molecule has 23 heavy (non-hydrogen) atoms. The van der Waals surface area contributed by atoms with Gasteiger partial charge in [-0.3, -0.25) is 9.48 Å². The number of halogens is 1. The molecule has 3 rings (SSSR count). The average Bonchev–Trinajstić information content (AvgIpc) is 3.21. The van der Waals surface area contributed by atoms with Gasteiger partial charge in [-0.05, 0) is 12.5 Å². The summed E-state index contributed by atoms with van der Waals surface area (Å²) in [4.78, 5) is 12.2. The number of rotatable bonds is 5. The number of aryl methyl sites for hydroxylation is 1. The van der Waals surface area contributed by atoms with Crippen molar-refractivity contribution in [1.82, 2.24) is 25.6 Å². The van der Waals surface area contributed by atoms with Gasteiger partial charge in [0.05, 0.1) is 18.3 Å². The van der Waals surface area contributed by atoms with E-state index in [9.17, 15) is 4.79 Å². The Hall–Kier alpha value is -1.90. The van der Waals surface area contributed by atoms with E-state index in [-0.39, 0.29) is 36.2 Å². The molecule has 0 aliphatic carbocycles. The number of aromatic nitrogens is 3. The molecule has 3 heterocycles. The topological polar surface area (TPSA) is 94.2 Å². The zero-order chi connectivity index (χ0) is 15.5. The quantitative estimate of drug-likeness (QED) is 0.816. The van der Waals surface area contributed by atoms with Gasteiger partial charge in [-0.25, -0.2) is 0 Å². The van der Waals surface area contributed by atoms with E-state index >= 15 is 0 Å². The van der Waals surface area contributed by atoms with Crippen molar-refractivity contribution in [3.8, 4) is 0 Å². The second-order valence-corrected chi connectivity index (χ2v) is 5.41. The molecule has 2 aromatic rings. The lowest BCUT2D eigenvalue weighted by Crippen LogP contribution is -2.43. The summed E-state index contributed by atoms with van der Waals surface area (Å²) >= 11 is 0. The number of carbonyl (C=O) groups is 1. The lowest BCUT2D eigenvalue weighted by molar-refractivity contribution is 0.0773. The van der Waals surface area contributed by atoms with Gasteiger partial charge in [0.25, 0.3) is 5.91 Å². The van der Waals surface area contributed by atoms with E-state index < -0.39 is 0 Å². The molecule has 8 nitrogen and oxygen atoms in total. The van der Waals surface area contributed by atoms with Gasteiger partial charge in [0.1, 0.15) is 6.54 Å². The van der Waals surface area contributed by atoms with Gasteiger partial charge in [-0.1, -0.05) is 5.16 Å². The second-order valence-electron chi connectivity index (χ2n) is 5.41. The molecule has 1 amide bonds. The maximum absolute atomic E-state index is 12.2. The van der Waals surface area contributed by atoms with E-state index in [4.69, 9.17) is 9.26 Å². The summed E-state index contributed by atoms with van der Waals surface area (Å²) in [5.41, 5.74) is 1.33. The van der Waals surface area contributed by atoms with Crippen LogP contribution in [0.3, 0.4) is 0 Å². The molecule has 1 aliphatic rings. The predicted octanol–water partition coefficient (Wildman–Crippen LogP) is 0.366. The Kier molecular flexibility index (Phi) is 5.75. The Morgan fingerprint density at radius 1 is 1.57 bits per heavy atom. The molecule has 2 aromatic heterocycles. The van der Waals surface area contributed by atoms with Crippen molar-refractivity contribution in [3.05, 3.63) is 35.5 Å². The van der Waals surface area contributed by atoms with Crippen LogP contribution in [0.4, 0.5) is 0 Å². The fraction of sp³-hybridized carbons (Fsp3) is 0.500. The number of nitrogens with zero attached hydrogens (tertiary/aromatic N) is 3. The monoisotopic (exact) mass is 341 g/mol. The number of hydrogen-bond acceptors (Lipinski definition) is 6. The van der Waals surface area contributed by atoms with Crippen molar-refractivity contribution in [3.63, 3.8) is 0 Å². The minimum absolute atomic E-state index is 0. The molecule has 1 unspecified atom stereocenters. The third kappa shape index (κ3) is 4.10. The van der Waals surface area contributed by atoms with Gasteiger partial charge >= 0.3 is 0 Å². The van der Waals surface area contributed by atoms with Crippen molar-refractivity contribution in [2.45, 2.75) is 25.6 Å². The lowest BCUT2D eigenvalue weighted by Gasteiger charge is -2.17. The van der Waals surface area contributed by atoms with Crippen molar-refractivity contribution in [1.29, 1.82) is 0 Å². The Labute approximate surface area is 140 Å². The van der Waals surface area contributed by atoms with Crippen LogP contribution in [-0.2, 0) is 11.3 Å². The number of hydrogen-bond donors (Lipinski definition) is 2. The standard InChI is InChI=1S/C14H19N5O3.ClH/c1-9-4-16-19(7-9)8-10-3-11(18-22-10)14(20)17-12-5-15-6-13(12)21-2;/h3-4,7,12-13,15H,5-6,8H2,1-2H3,(H,17,20);1H/t12?,13-;/m0./s1. The molecular formula is C14H20ClN5O3. The number of amides is 1. The summed E-state index contributed by atoms with van der Waals surface area (Å²) < 4.78 is 12.2. The Morgan fingerprint density at radius 2 is 2.39 bits per heavy atom. The molecule has 9 heteroatoms. The summed E-state index contributed by atoms with van der Waals surface area (Å²) in [6, 6.07) is 1.57. The third-order valence-electron chi connectivity index (χ3n) is 3.65. The summed E-state index contributed by atoms with van der Waals surface area (Å²) in [5, 5.41) is 14.1. The molecule has 1 fully saturated rings. The first kappa shape index (κ1) is 17.5.